The van der Waals surface area contributed by atoms with Gasteiger partial charge in [0.05, 0.1) is 12.9 Å². The van der Waals surface area contributed by atoms with Gasteiger partial charge < -0.3 is 10.1 Å². The van der Waals surface area contributed by atoms with Crippen LogP contribution in [0.25, 0.3) is 0 Å². The van der Waals surface area contributed by atoms with E-state index < -0.39 is 0 Å². The number of benzene rings is 2. The lowest BCUT2D eigenvalue weighted by atomic mass is 9.73. The highest BCUT2D eigenvalue weighted by atomic mass is 32.2. The Morgan fingerprint density at radius 3 is 2.59 bits per heavy atom. The standard InChI is InChI=1S/C26H26N4O3S/c1-26(2)13-19-22(20(31)14-26)23(17-9-11-18(33-3)12-10-17)30-24(27-19)28-25(29-30)34-15-21(32)16-7-5-4-6-8-16/h4-12,23H,13-15H2,1-3H3,(H,27,28,29)/t23-/m0/s1. The summed E-state index contributed by atoms with van der Waals surface area (Å²) in [6, 6.07) is 16.5. The van der Waals surface area contributed by atoms with E-state index >= 15 is 0 Å². The Morgan fingerprint density at radius 1 is 1.15 bits per heavy atom. The maximum atomic E-state index is 13.3. The van der Waals surface area contributed by atoms with Crippen LogP contribution in [0.15, 0.2) is 71.0 Å². The van der Waals surface area contributed by atoms with Crippen molar-refractivity contribution >= 4 is 29.3 Å². The summed E-state index contributed by atoms with van der Waals surface area (Å²) in [5, 5.41) is 8.58. The van der Waals surface area contributed by atoms with Gasteiger partial charge in [0, 0.05) is 23.3 Å². The first-order chi connectivity index (χ1) is 16.3. The van der Waals surface area contributed by atoms with Crippen LogP contribution in [0.5, 0.6) is 5.75 Å². The summed E-state index contributed by atoms with van der Waals surface area (Å²) in [6.45, 7) is 4.21. The molecule has 1 aliphatic carbocycles. The predicted octanol–water partition coefficient (Wildman–Crippen LogP) is 4.92. The molecular formula is C26H26N4O3S. The summed E-state index contributed by atoms with van der Waals surface area (Å²) >= 11 is 1.30. The molecule has 0 bridgehead atoms. The van der Waals surface area contributed by atoms with E-state index in [2.05, 4.69) is 24.1 Å². The Kier molecular flexibility index (Phi) is 5.77. The van der Waals surface area contributed by atoms with E-state index in [1.807, 2.05) is 42.5 Å². The maximum Gasteiger partial charge on any atom is 0.227 e. The van der Waals surface area contributed by atoms with Crippen LogP contribution in [0.2, 0.25) is 0 Å². The van der Waals surface area contributed by atoms with E-state index in [1.165, 1.54) is 11.8 Å². The Hall–Kier alpha value is -3.39. The molecule has 8 heteroatoms. The molecule has 3 aromatic rings. The van der Waals surface area contributed by atoms with Crippen molar-refractivity contribution in [2.24, 2.45) is 5.41 Å². The number of nitrogens with one attached hydrogen (secondary N) is 1. The van der Waals surface area contributed by atoms with Gasteiger partial charge in [0.15, 0.2) is 11.6 Å². The number of allylic oxidation sites excluding steroid dienone is 2. The fourth-order valence-corrected chi connectivity index (χ4v) is 5.31. The molecule has 0 radical (unpaired) electrons. The zero-order valence-electron chi connectivity index (χ0n) is 19.4. The third-order valence-corrected chi connectivity index (χ3v) is 7.01. The third kappa shape index (κ3) is 4.25. The topological polar surface area (TPSA) is 86.1 Å². The van der Waals surface area contributed by atoms with Gasteiger partial charge in [-0.3, -0.25) is 9.59 Å². The Labute approximate surface area is 202 Å². The van der Waals surface area contributed by atoms with Gasteiger partial charge in [0.25, 0.3) is 0 Å². The second-order valence-corrected chi connectivity index (χ2v) is 10.3. The summed E-state index contributed by atoms with van der Waals surface area (Å²) in [5.74, 6) is 1.71. The number of carbonyl (C=O) groups is 2. The number of thioether (sulfide) groups is 1. The fraction of sp³-hybridized carbons (Fsp3) is 0.308. The number of aromatic nitrogens is 3. The zero-order chi connectivity index (χ0) is 23.9. The number of hydrogen-bond acceptors (Lipinski definition) is 7. The van der Waals surface area contributed by atoms with Crippen molar-refractivity contribution < 1.29 is 14.3 Å². The number of rotatable bonds is 6. The molecule has 0 spiro atoms. The lowest BCUT2D eigenvalue weighted by molar-refractivity contribution is -0.118. The molecule has 1 aliphatic heterocycles. The molecule has 0 saturated carbocycles. The molecule has 34 heavy (non-hydrogen) atoms. The number of ketones is 2. The third-order valence-electron chi connectivity index (χ3n) is 6.17. The van der Waals surface area contributed by atoms with E-state index in [-0.39, 0.29) is 28.8 Å². The molecule has 5 rings (SSSR count). The lowest BCUT2D eigenvalue weighted by Crippen LogP contribution is -2.36. The number of carbonyl (C=O) groups excluding carboxylic acids is 2. The molecular weight excluding hydrogens is 448 g/mol. The van der Waals surface area contributed by atoms with Crippen molar-refractivity contribution in [3.8, 4) is 5.75 Å². The Bertz CT molecular complexity index is 1280. The highest BCUT2D eigenvalue weighted by molar-refractivity contribution is 7.99. The van der Waals surface area contributed by atoms with E-state index in [4.69, 9.17) is 9.84 Å². The lowest BCUT2D eigenvalue weighted by Gasteiger charge is -2.38. The number of nitrogens with zero attached hydrogens (tertiary/aromatic N) is 3. The van der Waals surface area contributed by atoms with Gasteiger partial charge in [-0.1, -0.05) is 68.1 Å². The van der Waals surface area contributed by atoms with Crippen LogP contribution in [0, 0.1) is 5.41 Å². The van der Waals surface area contributed by atoms with Crippen LogP contribution in [-0.2, 0) is 4.79 Å². The second kappa shape index (κ2) is 8.76. The number of methoxy groups -OCH3 is 1. The monoisotopic (exact) mass is 474 g/mol. The van der Waals surface area contributed by atoms with Crippen molar-refractivity contribution in [3.63, 3.8) is 0 Å². The molecule has 2 aliphatic rings. The molecule has 1 atom stereocenters. The summed E-state index contributed by atoms with van der Waals surface area (Å²) in [5.41, 5.74) is 3.11. The summed E-state index contributed by atoms with van der Waals surface area (Å²) < 4.78 is 7.08. The second-order valence-electron chi connectivity index (χ2n) is 9.37. The minimum absolute atomic E-state index is 0.0207. The van der Waals surface area contributed by atoms with Crippen molar-refractivity contribution in [3.05, 3.63) is 77.0 Å². The SMILES string of the molecule is COc1ccc([C@H]2C3=C(CC(C)(C)CC3=O)Nc3nc(SCC(=O)c4ccccc4)nn32)cc1. The largest absolute Gasteiger partial charge is 0.497 e. The van der Waals surface area contributed by atoms with Crippen LogP contribution in [-0.4, -0.2) is 39.2 Å². The number of anilines is 1. The number of ether oxygens (including phenoxy) is 1. The molecule has 0 fully saturated rings. The van der Waals surface area contributed by atoms with Crippen molar-refractivity contribution in [2.75, 3.05) is 18.2 Å². The molecule has 174 valence electrons. The smallest absolute Gasteiger partial charge is 0.227 e. The van der Waals surface area contributed by atoms with E-state index in [0.29, 0.717) is 23.1 Å². The van der Waals surface area contributed by atoms with Crippen molar-refractivity contribution in [2.45, 2.75) is 37.9 Å². The number of Topliss-reactive ketones (excluding diaryl/α,β-unsaturated/α-hetero) is 2. The molecule has 2 heterocycles. The molecule has 0 amide bonds. The highest BCUT2D eigenvalue weighted by Crippen LogP contribution is 2.45. The molecule has 7 nitrogen and oxygen atoms in total. The van der Waals surface area contributed by atoms with Gasteiger partial charge in [-0.15, -0.1) is 5.10 Å². The molecule has 1 aromatic heterocycles. The fourth-order valence-electron chi connectivity index (χ4n) is 4.58. The van der Waals surface area contributed by atoms with E-state index in [9.17, 15) is 9.59 Å². The van der Waals surface area contributed by atoms with E-state index in [0.717, 1.165) is 29.0 Å². The summed E-state index contributed by atoms with van der Waals surface area (Å²) in [6.07, 6.45) is 1.24. The van der Waals surface area contributed by atoms with E-state index in [1.54, 1.807) is 23.9 Å². The van der Waals surface area contributed by atoms with Gasteiger partial charge in [0.2, 0.25) is 11.1 Å². The Morgan fingerprint density at radius 2 is 1.88 bits per heavy atom. The number of hydrogen-bond donors (Lipinski definition) is 1. The van der Waals surface area contributed by atoms with Crippen LogP contribution in [0.4, 0.5) is 5.95 Å². The molecule has 0 unspecified atom stereocenters. The predicted molar refractivity (Wildman–Crippen MR) is 131 cm³/mol. The summed E-state index contributed by atoms with van der Waals surface area (Å²) in [4.78, 5) is 30.5. The zero-order valence-corrected chi connectivity index (χ0v) is 20.2. The molecule has 2 aromatic carbocycles. The van der Waals surface area contributed by atoms with Gasteiger partial charge in [-0.25, -0.2) is 4.68 Å². The first kappa shape index (κ1) is 22.4. The van der Waals surface area contributed by atoms with Crippen LogP contribution < -0.4 is 10.1 Å². The molecule has 1 N–H and O–H groups in total. The minimum atomic E-state index is -0.382. The van der Waals surface area contributed by atoms with Gasteiger partial charge in [-0.2, -0.15) is 4.98 Å². The normalized spacial score (nSPS) is 18.7. The highest BCUT2D eigenvalue weighted by Gasteiger charge is 2.41. The quantitative estimate of drug-likeness (QED) is 0.401. The minimum Gasteiger partial charge on any atom is -0.497 e. The number of fused-ring (bicyclic) bond motifs is 1. The van der Waals surface area contributed by atoms with Gasteiger partial charge in [-0.05, 0) is 29.5 Å². The van der Waals surface area contributed by atoms with Gasteiger partial charge in [0.1, 0.15) is 11.8 Å². The Balaban J connectivity index is 1.49. The summed E-state index contributed by atoms with van der Waals surface area (Å²) in [7, 11) is 1.63. The van der Waals surface area contributed by atoms with Crippen LogP contribution >= 0.6 is 11.8 Å². The average Bonchev–Trinajstić information content (AvgIpc) is 3.23. The van der Waals surface area contributed by atoms with Crippen LogP contribution in [0.3, 0.4) is 0 Å². The van der Waals surface area contributed by atoms with Crippen LogP contribution in [0.1, 0.15) is 48.7 Å². The van der Waals surface area contributed by atoms with Crippen molar-refractivity contribution in [1.82, 2.24) is 14.8 Å². The first-order valence-electron chi connectivity index (χ1n) is 11.2. The van der Waals surface area contributed by atoms with Gasteiger partial charge >= 0.3 is 0 Å². The average molecular weight is 475 g/mol. The van der Waals surface area contributed by atoms with Crippen molar-refractivity contribution in [1.29, 1.82) is 0 Å². The molecule has 0 saturated heterocycles. The maximum absolute atomic E-state index is 13.3. The first-order valence-corrected chi connectivity index (χ1v) is 12.2.